The van der Waals surface area contributed by atoms with Crippen LogP contribution >= 0.6 is 15.9 Å². The fourth-order valence-electron chi connectivity index (χ4n) is 2.54. The van der Waals surface area contributed by atoms with Crippen molar-refractivity contribution in [3.8, 4) is 5.75 Å². The van der Waals surface area contributed by atoms with Gasteiger partial charge in [-0.25, -0.2) is 9.18 Å². The van der Waals surface area contributed by atoms with Gasteiger partial charge in [-0.15, -0.1) is 0 Å². The lowest BCUT2D eigenvalue weighted by Gasteiger charge is -2.12. The van der Waals surface area contributed by atoms with Crippen LogP contribution in [0.3, 0.4) is 0 Å². The summed E-state index contributed by atoms with van der Waals surface area (Å²) in [5.41, 5.74) is 0.984. The minimum Gasteiger partial charge on any atom is -0.546 e. The van der Waals surface area contributed by atoms with Crippen molar-refractivity contribution in [3.05, 3.63) is 69.6 Å². The highest BCUT2D eigenvalue weighted by atomic mass is 79.9. The molecule has 144 valence electrons. The third kappa shape index (κ3) is 4.55. The summed E-state index contributed by atoms with van der Waals surface area (Å²) in [5, 5.41) is 13.1. The van der Waals surface area contributed by atoms with Crippen molar-refractivity contribution < 1.29 is 28.6 Å². The number of imide groups is 1. The molecule has 1 fully saturated rings. The lowest BCUT2D eigenvalue weighted by Crippen LogP contribution is -2.30. The van der Waals surface area contributed by atoms with Crippen LogP contribution in [0.15, 0.2) is 52.6 Å². The van der Waals surface area contributed by atoms with Crippen LogP contribution in [-0.2, 0) is 16.1 Å². The molecule has 1 N–H and O–H groups in total. The lowest BCUT2D eigenvalue weighted by atomic mass is 10.1. The first-order chi connectivity index (χ1) is 13.3. The summed E-state index contributed by atoms with van der Waals surface area (Å²) in [6.45, 7) is -0.677. The molecular formula is C19H13BrFN2O5-. The van der Waals surface area contributed by atoms with E-state index in [2.05, 4.69) is 21.2 Å². The number of carbonyl (C=O) groups excluding carboxylic acids is 3. The highest BCUT2D eigenvalue weighted by Crippen LogP contribution is 2.27. The van der Waals surface area contributed by atoms with Crippen molar-refractivity contribution in [2.75, 3.05) is 6.61 Å². The Labute approximate surface area is 167 Å². The molecule has 0 saturated carbocycles. The predicted octanol–water partition coefficient (Wildman–Crippen LogP) is 1.81. The van der Waals surface area contributed by atoms with E-state index in [0.29, 0.717) is 15.6 Å². The predicted molar refractivity (Wildman–Crippen MR) is 98.1 cm³/mol. The van der Waals surface area contributed by atoms with Gasteiger partial charge in [-0.2, -0.15) is 0 Å². The molecule has 7 nitrogen and oxygen atoms in total. The molecule has 28 heavy (non-hydrogen) atoms. The quantitative estimate of drug-likeness (QED) is 0.537. The van der Waals surface area contributed by atoms with Gasteiger partial charge in [-0.1, -0.05) is 28.1 Å². The van der Waals surface area contributed by atoms with E-state index in [-0.39, 0.29) is 18.0 Å². The summed E-state index contributed by atoms with van der Waals surface area (Å²) >= 11 is 3.29. The van der Waals surface area contributed by atoms with Gasteiger partial charge in [0.25, 0.3) is 5.91 Å². The second-order valence-corrected chi connectivity index (χ2v) is 6.76. The van der Waals surface area contributed by atoms with Gasteiger partial charge in [0.05, 0.1) is 12.5 Å². The van der Waals surface area contributed by atoms with Crippen LogP contribution in [0.2, 0.25) is 0 Å². The molecule has 0 spiro atoms. The lowest BCUT2D eigenvalue weighted by molar-refractivity contribution is -0.307. The van der Waals surface area contributed by atoms with Crippen molar-refractivity contribution in [1.29, 1.82) is 0 Å². The highest BCUT2D eigenvalue weighted by Gasteiger charge is 2.33. The van der Waals surface area contributed by atoms with E-state index in [0.717, 1.165) is 4.90 Å². The normalized spacial score (nSPS) is 15.1. The number of carboxylic acids is 1. The molecule has 3 rings (SSSR count). The summed E-state index contributed by atoms with van der Waals surface area (Å²) in [5.74, 6) is -2.17. The molecular weight excluding hydrogens is 435 g/mol. The zero-order valence-electron chi connectivity index (χ0n) is 14.3. The molecule has 1 heterocycles. The molecule has 2 aromatic carbocycles. The van der Waals surface area contributed by atoms with Gasteiger partial charge in [0.15, 0.2) is 0 Å². The first-order valence-corrected chi connectivity index (χ1v) is 8.84. The number of carbonyl (C=O) groups is 3. The molecule has 9 heteroatoms. The maximum Gasteiger partial charge on any atom is 0.329 e. The maximum absolute atomic E-state index is 13.0. The molecule has 0 atom stereocenters. The number of nitrogens with one attached hydrogen (secondary N) is 1. The summed E-state index contributed by atoms with van der Waals surface area (Å²) in [4.78, 5) is 36.4. The standard InChI is InChI=1S/C19H14BrFN2O5/c20-13-3-6-16(28-10-17(24)25)12(7-13)8-15-18(26)23(19(27)22-15)9-11-1-4-14(21)5-2-11/h1-8H,9-10H2,(H,22,27)(H,24,25)/p-1. The Balaban J connectivity index is 1.84. The second-order valence-electron chi connectivity index (χ2n) is 5.85. The van der Waals surface area contributed by atoms with E-state index in [9.17, 15) is 23.9 Å². The van der Waals surface area contributed by atoms with Crippen molar-refractivity contribution >= 4 is 39.9 Å². The minimum atomic E-state index is -1.39. The zero-order chi connectivity index (χ0) is 20.3. The highest BCUT2D eigenvalue weighted by molar-refractivity contribution is 9.10. The Morgan fingerprint density at radius 2 is 1.93 bits per heavy atom. The van der Waals surface area contributed by atoms with Crippen LogP contribution in [-0.4, -0.2) is 29.4 Å². The summed E-state index contributed by atoms with van der Waals surface area (Å²) < 4.78 is 18.8. The van der Waals surface area contributed by atoms with E-state index >= 15 is 0 Å². The Morgan fingerprint density at radius 1 is 1.21 bits per heavy atom. The Morgan fingerprint density at radius 3 is 2.61 bits per heavy atom. The number of aliphatic carboxylic acids is 1. The molecule has 3 amide bonds. The van der Waals surface area contributed by atoms with Crippen LogP contribution in [0.25, 0.3) is 6.08 Å². The maximum atomic E-state index is 13.0. The number of nitrogens with zero attached hydrogens (tertiary/aromatic N) is 1. The molecule has 0 aliphatic carbocycles. The molecule has 0 aromatic heterocycles. The van der Waals surface area contributed by atoms with Crippen LogP contribution < -0.4 is 15.2 Å². The van der Waals surface area contributed by atoms with Gasteiger partial charge in [-0.3, -0.25) is 9.69 Å². The first kappa shape index (κ1) is 19.6. The molecule has 1 aliphatic rings. The van der Waals surface area contributed by atoms with Crippen molar-refractivity contribution in [2.45, 2.75) is 6.54 Å². The summed E-state index contributed by atoms with van der Waals surface area (Å²) in [6, 6.07) is 9.61. The number of hydrogen-bond donors (Lipinski definition) is 1. The average molecular weight is 448 g/mol. The zero-order valence-corrected chi connectivity index (χ0v) is 15.9. The van der Waals surface area contributed by atoms with Gasteiger partial charge in [0.2, 0.25) is 0 Å². The number of carboxylic acid groups (broad SMARTS) is 1. The molecule has 2 aromatic rings. The number of rotatable bonds is 6. The minimum absolute atomic E-state index is 0.00325. The van der Waals surface area contributed by atoms with Crippen molar-refractivity contribution in [1.82, 2.24) is 10.2 Å². The number of urea groups is 1. The number of hydrogen-bond acceptors (Lipinski definition) is 5. The molecule has 1 saturated heterocycles. The monoisotopic (exact) mass is 447 g/mol. The van der Waals surface area contributed by atoms with Gasteiger partial charge in [0.1, 0.15) is 23.9 Å². The number of benzene rings is 2. The Bertz CT molecular complexity index is 975. The van der Waals surface area contributed by atoms with Crippen LogP contribution in [0.4, 0.5) is 9.18 Å². The van der Waals surface area contributed by atoms with Crippen LogP contribution in [0.1, 0.15) is 11.1 Å². The van der Waals surface area contributed by atoms with Gasteiger partial charge >= 0.3 is 6.03 Å². The van der Waals surface area contributed by atoms with Crippen LogP contribution in [0.5, 0.6) is 5.75 Å². The average Bonchev–Trinajstić information content (AvgIpc) is 2.90. The smallest absolute Gasteiger partial charge is 0.329 e. The molecule has 0 bridgehead atoms. The molecule has 1 aliphatic heterocycles. The van der Waals surface area contributed by atoms with Gasteiger partial charge in [0, 0.05) is 10.0 Å². The molecule has 0 unspecified atom stereocenters. The topological polar surface area (TPSA) is 98.8 Å². The van der Waals surface area contributed by atoms with E-state index in [1.54, 1.807) is 12.1 Å². The third-order valence-corrected chi connectivity index (χ3v) is 4.33. The SMILES string of the molecule is O=C([O-])COc1ccc(Br)cc1C=C1NC(=O)N(Cc2ccc(F)cc2)C1=O. The molecule has 0 radical (unpaired) electrons. The largest absolute Gasteiger partial charge is 0.546 e. The Hall–Kier alpha value is -3.20. The van der Waals surface area contributed by atoms with Crippen LogP contribution in [0, 0.1) is 5.82 Å². The number of halogens is 2. The number of ether oxygens (including phenoxy) is 1. The second kappa shape index (κ2) is 8.22. The van der Waals surface area contributed by atoms with Crippen molar-refractivity contribution in [2.24, 2.45) is 0 Å². The Kier molecular flexibility index (Phi) is 5.74. The first-order valence-electron chi connectivity index (χ1n) is 8.04. The van der Waals surface area contributed by atoms with E-state index in [1.165, 1.54) is 36.4 Å². The van der Waals surface area contributed by atoms with E-state index < -0.39 is 30.3 Å². The third-order valence-electron chi connectivity index (χ3n) is 3.83. The summed E-state index contributed by atoms with van der Waals surface area (Å²) in [6.07, 6.45) is 1.39. The van der Waals surface area contributed by atoms with Gasteiger partial charge in [-0.05, 0) is 42.0 Å². The van der Waals surface area contributed by atoms with Gasteiger partial charge < -0.3 is 20.0 Å². The fourth-order valence-corrected chi connectivity index (χ4v) is 2.92. The number of amides is 3. The summed E-state index contributed by atoms with van der Waals surface area (Å²) in [7, 11) is 0. The fraction of sp³-hybridized carbons (Fsp3) is 0.105. The van der Waals surface area contributed by atoms with E-state index in [1.807, 2.05) is 0 Å². The van der Waals surface area contributed by atoms with Crippen molar-refractivity contribution in [3.63, 3.8) is 0 Å². The van der Waals surface area contributed by atoms with E-state index in [4.69, 9.17) is 4.74 Å².